The van der Waals surface area contributed by atoms with Crippen LogP contribution in [0.3, 0.4) is 0 Å². The highest BCUT2D eigenvalue weighted by Crippen LogP contribution is 1.80. The monoisotopic (exact) mass is 249 g/mol. The summed E-state index contributed by atoms with van der Waals surface area (Å²) in [6.07, 6.45) is 3.76. The molecular formula is C7H14Cl3NS. The molecule has 0 aromatic carbocycles. The Morgan fingerprint density at radius 2 is 1.33 bits per heavy atom. The molecule has 0 amide bonds. The second-order valence-corrected chi connectivity index (χ2v) is 1.80. The molecule has 74 valence electrons. The summed E-state index contributed by atoms with van der Waals surface area (Å²) >= 11 is 0. The van der Waals surface area contributed by atoms with Crippen LogP contribution in [-0.4, -0.2) is 25.0 Å². The zero-order chi connectivity index (χ0) is 6.41. The maximum atomic E-state index is 3.61. The minimum Gasteiger partial charge on any atom is -1.00 e. The number of rotatable bonds is 4. The molecule has 1 nitrogen and oxygen atoms in total. The van der Waals surface area contributed by atoms with Crippen molar-refractivity contribution in [1.29, 1.82) is 0 Å². The molecule has 0 aromatic heterocycles. The summed E-state index contributed by atoms with van der Waals surface area (Å²) in [5.41, 5.74) is 0. The van der Waals surface area contributed by atoms with Gasteiger partial charge in [-0.25, -0.2) is 0 Å². The molecule has 12 heavy (non-hydrogen) atoms. The molecule has 0 spiro atoms. The molecule has 0 saturated heterocycles. The number of hydrogen-bond donors (Lipinski definition) is 0. The first-order chi connectivity index (χ1) is 3.81. The minimum atomic E-state index is 0. The topological polar surface area (TPSA) is 3.24 Å². The lowest BCUT2D eigenvalue weighted by atomic mass is 10.5. The highest BCUT2D eigenvalue weighted by Gasteiger charge is 2.00. The van der Waals surface area contributed by atoms with Crippen LogP contribution >= 0.6 is 12.4 Å². The summed E-state index contributed by atoms with van der Waals surface area (Å²) in [6.45, 7) is 9.09. The Morgan fingerprint density at radius 3 is 1.50 bits per heavy atom. The summed E-state index contributed by atoms with van der Waals surface area (Å²) in [4.78, 5) is 2.12. The van der Waals surface area contributed by atoms with Crippen LogP contribution in [0.2, 0.25) is 0 Å². The molecule has 4 radical (unpaired) electrons. The normalized spacial score (nSPS) is 6.17. The molecule has 0 aromatic rings. The van der Waals surface area contributed by atoms with Crippen LogP contribution in [0.15, 0.2) is 25.3 Å². The zero-order valence-electron chi connectivity index (χ0n) is 7.00. The molecule has 0 rings (SSSR count). The van der Waals surface area contributed by atoms with E-state index < -0.39 is 0 Å². The van der Waals surface area contributed by atoms with Gasteiger partial charge in [-0.1, -0.05) is 12.2 Å². The van der Waals surface area contributed by atoms with Crippen molar-refractivity contribution in [3.8, 4) is 0 Å². The van der Waals surface area contributed by atoms with Crippen LogP contribution in [0, 0.1) is 0 Å². The predicted octanol–water partition coefficient (Wildman–Crippen LogP) is -4.28. The van der Waals surface area contributed by atoms with Crippen LogP contribution in [0.1, 0.15) is 0 Å². The van der Waals surface area contributed by atoms with Crippen LogP contribution in [0.4, 0.5) is 0 Å². The Bertz CT molecular complexity index is 80.7. The van der Waals surface area contributed by atoms with E-state index in [1.807, 2.05) is 19.2 Å². The fraction of sp³-hybridized carbons (Fsp3) is 0.429. The summed E-state index contributed by atoms with van der Waals surface area (Å²) in [6, 6.07) is 0. The van der Waals surface area contributed by atoms with Gasteiger partial charge in [0.15, 0.2) is 0 Å². The van der Waals surface area contributed by atoms with Gasteiger partial charge >= 0.3 is 13.5 Å². The third-order valence-corrected chi connectivity index (χ3v) is 0.882. The van der Waals surface area contributed by atoms with Crippen molar-refractivity contribution in [1.82, 2.24) is 4.90 Å². The van der Waals surface area contributed by atoms with Gasteiger partial charge < -0.3 is 24.8 Å². The average Bonchev–Trinajstić information content (AvgIpc) is 1.68. The standard InChI is InChI=1S/C7H13N.3ClH.S/c1-4-6-8(3)7-5-2;;;;/h4-5H,1-2,6-7H2,3H3;3*1H;/q;;;;+2/p-2. The molecule has 0 aliphatic heterocycles. The van der Waals surface area contributed by atoms with E-state index in [0.29, 0.717) is 0 Å². The SMILES string of the molecule is C=CCN(C)CC=C.Cl.[Cl-].[Cl-].[S+2]. The maximum Gasteiger partial charge on any atom is 2.00 e. The molecule has 0 unspecified atom stereocenters. The number of nitrogens with zero attached hydrogens (tertiary/aromatic N) is 1. The van der Waals surface area contributed by atoms with Gasteiger partial charge in [0.1, 0.15) is 0 Å². The van der Waals surface area contributed by atoms with Gasteiger partial charge in [0.2, 0.25) is 0 Å². The van der Waals surface area contributed by atoms with Crippen molar-refractivity contribution in [2.24, 2.45) is 0 Å². The summed E-state index contributed by atoms with van der Waals surface area (Å²) in [7, 11) is 2.03. The van der Waals surface area contributed by atoms with Gasteiger partial charge in [0, 0.05) is 13.1 Å². The Labute approximate surface area is 101 Å². The summed E-state index contributed by atoms with van der Waals surface area (Å²) in [5, 5.41) is 0. The number of likely N-dealkylation sites (N-methyl/N-ethyl adjacent to an activating group) is 1. The lowest BCUT2D eigenvalue weighted by Crippen LogP contribution is -3.00. The summed E-state index contributed by atoms with van der Waals surface area (Å²) in [5.74, 6) is 0. The van der Waals surface area contributed by atoms with Crippen LogP contribution in [0.25, 0.3) is 0 Å². The van der Waals surface area contributed by atoms with E-state index in [9.17, 15) is 0 Å². The van der Waals surface area contributed by atoms with Crippen molar-refractivity contribution in [2.45, 2.75) is 0 Å². The molecule has 5 heteroatoms. The summed E-state index contributed by atoms with van der Waals surface area (Å²) < 4.78 is 0. The first kappa shape index (κ1) is 29.3. The largest absolute Gasteiger partial charge is 2.00 e. The zero-order valence-corrected chi connectivity index (χ0v) is 10.1. The molecular weight excluding hydrogens is 237 g/mol. The van der Waals surface area contributed by atoms with Crippen molar-refractivity contribution in [3.63, 3.8) is 0 Å². The van der Waals surface area contributed by atoms with Gasteiger partial charge in [-0.05, 0) is 7.05 Å². The van der Waals surface area contributed by atoms with Crippen molar-refractivity contribution in [3.05, 3.63) is 25.3 Å². The first-order valence-corrected chi connectivity index (χ1v) is 2.71. The molecule has 0 bridgehead atoms. The van der Waals surface area contributed by atoms with E-state index in [4.69, 9.17) is 0 Å². The number of halogens is 3. The quantitative estimate of drug-likeness (QED) is 0.457. The molecule has 0 aliphatic rings. The van der Waals surface area contributed by atoms with Crippen LogP contribution < -0.4 is 24.8 Å². The van der Waals surface area contributed by atoms with Crippen molar-refractivity contribution in [2.75, 3.05) is 20.1 Å². The van der Waals surface area contributed by atoms with E-state index >= 15 is 0 Å². The Balaban J connectivity index is -0.0000000408. The third kappa shape index (κ3) is 22.4. The lowest BCUT2D eigenvalue weighted by molar-refractivity contribution is -0.001000. The smallest absolute Gasteiger partial charge is 1.00 e. The fourth-order valence-electron chi connectivity index (χ4n) is 0.515. The Morgan fingerprint density at radius 1 is 1.08 bits per heavy atom. The van der Waals surface area contributed by atoms with Gasteiger partial charge in [0.25, 0.3) is 0 Å². The second-order valence-electron chi connectivity index (χ2n) is 1.80. The van der Waals surface area contributed by atoms with Crippen molar-refractivity contribution >= 4 is 25.9 Å². The molecule has 0 aliphatic carbocycles. The first-order valence-electron chi connectivity index (χ1n) is 2.71. The van der Waals surface area contributed by atoms with E-state index in [1.54, 1.807) is 0 Å². The molecule has 0 N–H and O–H groups in total. The highest BCUT2D eigenvalue weighted by molar-refractivity contribution is 7.37. The van der Waals surface area contributed by atoms with E-state index in [2.05, 4.69) is 18.1 Å². The predicted molar refractivity (Wildman–Crippen MR) is 52.5 cm³/mol. The van der Waals surface area contributed by atoms with E-state index in [-0.39, 0.29) is 50.7 Å². The highest BCUT2D eigenvalue weighted by atomic mass is 35.5. The molecule has 0 heterocycles. The van der Waals surface area contributed by atoms with Gasteiger partial charge in [0.05, 0.1) is 0 Å². The van der Waals surface area contributed by atoms with Gasteiger partial charge in [-0.3, -0.25) is 4.90 Å². The van der Waals surface area contributed by atoms with E-state index in [0.717, 1.165) is 13.1 Å². The number of hydrogen-bond acceptors (Lipinski definition) is 1. The Kier molecular flexibility index (Phi) is 55.2. The van der Waals surface area contributed by atoms with Gasteiger partial charge in [-0.15, -0.1) is 25.6 Å². The second kappa shape index (κ2) is 22.6. The third-order valence-electron chi connectivity index (χ3n) is 0.882. The van der Waals surface area contributed by atoms with Crippen LogP contribution in [0.5, 0.6) is 0 Å². The lowest BCUT2D eigenvalue weighted by Gasteiger charge is -2.09. The fourth-order valence-corrected chi connectivity index (χ4v) is 0.515. The average molecular weight is 251 g/mol. The molecule has 0 saturated carbocycles. The van der Waals surface area contributed by atoms with E-state index in [1.165, 1.54) is 0 Å². The minimum absolute atomic E-state index is 0. The van der Waals surface area contributed by atoms with Crippen molar-refractivity contribution < 1.29 is 24.8 Å². The molecule has 0 atom stereocenters. The van der Waals surface area contributed by atoms with Gasteiger partial charge in [-0.2, -0.15) is 0 Å². The Hall–Kier alpha value is 0.660. The maximum absolute atomic E-state index is 3.61. The van der Waals surface area contributed by atoms with Crippen LogP contribution in [-0.2, 0) is 13.5 Å². The molecule has 0 fully saturated rings.